The molecule has 3 rings (SSSR count). The van der Waals surface area contributed by atoms with Crippen molar-refractivity contribution in [2.24, 2.45) is 11.3 Å². The molecule has 2 aliphatic rings. The lowest BCUT2D eigenvalue weighted by Gasteiger charge is -2.01. The Balaban J connectivity index is 1.53. The Kier molecular flexibility index (Phi) is 1.69. The van der Waals surface area contributed by atoms with Gasteiger partial charge in [0.1, 0.15) is 11.5 Å². The van der Waals surface area contributed by atoms with Crippen LogP contribution in [-0.4, -0.2) is 17.4 Å². The fourth-order valence-corrected chi connectivity index (χ4v) is 2.30. The number of rotatable bonds is 3. The lowest BCUT2D eigenvalue weighted by Crippen LogP contribution is -2.26. The average molecular weight is 208 g/mol. The molecule has 1 heterocycles. The van der Waals surface area contributed by atoms with E-state index in [1.54, 1.807) is 0 Å². The molecule has 4 heteroatoms. The lowest BCUT2D eigenvalue weighted by molar-refractivity contribution is 0.0946. The summed E-state index contributed by atoms with van der Waals surface area (Å²) in [4.78, 5) is 14.1. The minimum atomic E-state index is -0.398. The molecule has 0 saturated heterocycles. The molecule has 1 spiro atoms. The molecule has 0 bridgehead atoms. The van der Waals surface area contributed by atoms with Crippen molar-refractivity contribution in [1.29, 1.82) is 0 Å². The van der Waals surface area contributed by atoms with Crippen LogP contribution in [0.15, 0.2) is 12.3 Å². The Bertz CT molecular complexity index is 408. The van der Waals surface area contributed by atoms with Crippen molar-refractivity contribution >= 4 is 5.91 Å². The highest BCUT2D eigenvalue weighted by molar-refractivity contribution is 5.92. The first-order valence-corrected chi connectivity index (χ1v) is 5.32. The van der Waals surface area contributed by atoms with Gasteiger partial charge in [-0.15, -0.1) is 0 Å². The number of hydrogen-bond acceptors (Lipinski definition) is 1. The van der Waals surface area contributed by atoms with E-state index in [9.17, 15) is 9.18 Å². The van der Waals surface area contributed by atoms with Gasteiger partial charge in [0.15, 0.2) is 0 Å². The van der Waals surface area contributed by atoms with Crippen LogP contribution in [0.5, 0.6) is 0 Å². The molecule has 0 aromatic carbocycles. The second-order valence-corrected chi connectivity index (χ2v) is 4.71. The quantitative estimate of drug-likeness (QED) is 0.780. The zero-order valence-corrected chi connectivity index (χ0v) is 8.35. The van der Waals surface area contributed by atoms with Gasteiger partial charge in [-0.2, -0.15) is 0 Å². The smallest absolute Gasteiger partial charge is 0.267 e. The number of aromatic amines is 1. The summed E-state index contributed by atoms with van der Waals surface area (Å²) in [6, 6.07) is 1.22. The molecule has 1 aromatic rings. The van der Waals surface area contributed by atoms with Gasteiger partial charge in [0.25, 0.3) is 5.91 Å². The molecule has 2 N–H and O–H groups in total. The van der Waals surface area contributed by atoms with Gasteiger partial charge >= 0.3 is 0 Å². The first-order chi connectivity index (χ1) is 7.20. The highest BCUT2D eigenvalue weighted by atomic mass is 19.1. The minimum absolute atomic E-state index is 0.207. The van der Waals surface area contributed by atoms with Gasteiger partial charge in [0, 0.05) is 18.8 Å². The predicted octanol–water partition coefficient (Wildman–Crippen LogP) is 1.68. The van der Waals surface area contributed by atoms with Crippen LogP contribution in [-0.2, 0) is 0 Å². The van der Waals surface area contributed by atoms with Crippen LogP contribution in [0.1, 0.15) is 29.8 Å². The van der Waals surface area contributed by atoms with Crippen molar-refractivity contribution < 1.29 is 9.18 Å². The summed E-state index contributed by atoms with van der Waals surface area (Å²) in [6.45, 7) is 0.736. The van der Waals surface area contributed by atoms with E-state index in [0.717, 1.165) is 6.54 Å². The average Bonchev–Trinajstić information content (AvgIpc) is 3.10. The normalized spacial score (nSPS) is 25.3. The molecule has 2 aliphatic carbocycles. The topological polar surface area (TPSA) is 44.9 Å². The van der Waals surface area contributed by atoms with E-state index in [1.807, 2.05) is 0 Å². The lowest BCUT2D eigenvalue weighted by atomic mass is 10.3. The van der Waals surface area contributed by atoms with Crippen molar-refractivity contribution in [3.63, 3.8) is 0 Å². The van der Waals surface area contributed by atoms with Crippen molar-refractivity contribution in [2.45, 2.75) is 19.3 Å². The Morgan fingerprint density at radius 3 is 3.00 bits per heavy atom. The molecule has 0 aliphatic heterocycles. The van der Waals surface area contributed by atoms with Gasteiger partial charge in [-0.1, -0.05) is 0 Å². The molecule has 2 saturated carbocycles. The van der Waals surface area contributed by atoms with Crippen LogP contribution < -0.4 is 5.32 Å². The number of amides is 1. The van der Waals surface area contributed by atoms with Gasteiger partial charge in [0.05, 0.1) is 0 Å². The number of halogens is 1. The Hall–Kier alpha value is -1.32. The van der Waals surface area contributed by atoms with Crippen molar-refractivity contribution in [1.82, 2.24) is 10.3 Å². The number of hydrogen-bond donors (Lipinski definition) is 2. The molecule has 1 amide bonds. The second kappa shape index (κ2) is 2.84. The first-order valence-electron chi connectivity index (χ1n) is 5.32. The van der Waals surface area contributed by atoms with Gasteiger partial charge in [0.2, 0.25) is 0 Å². The van der Waals surface area contributed by atoms with E-state index in [4.69, 9.17) is 0 Å². The predicted molar refractivity (Wildman–Crippen MR) is 52.9 cm³/mol. The summed E-state index contributed by atoms with van der Waals surface area (Å²) in [5.41, 5.74) is 0.909. The molecule has 15 heavy (non-hydrogen) atoms. The maximum atomic E-state index is 12.6. The molecule has 80 valence electrons. The monoisotopic (exact) mass is 208 g/mol. The highest BCUT2D eigenvalue weighted by Crippen LogP contribution is 2.70. The minimum Gasteiger partial charge on any atom is -0.355 e. The van der Waals surface area contributed by atoms with E-state index in [1.165, 1.54) is 31.5 Å². The Morgan fingerprint density at radius 2 is 2.47 bits per heavy atom. The number of carbonyl (C=O) groups is 1. The summed E-state index contributed by atoms with van der Waals surface area (Å²) >= 11 is 0. The number of carbonyl (C=O) groups excluding carboxylic acids is 1. The van der Waals surface area contributed by atoms with E-state index in [-0.39, 0.29) is 5.91 Å². The van der Waals surface area contributed by atoms with Crippen LogP contribution in [0.3, 0.4) is 0 Å². The van der Waals surface area contributed by atoms with Gasteiger partial charge in [-0.3, -0.25) is 4.79 Å². The zero-order valence-electron chi connectivity index (χ0n) is 8.35. The third-order valence-corrected chi connectivity index (χ3v) is 3.65. The van der Waals surface area contributed by atoms with Crippen LogP contribution in [0, 0.1) is 17.2 Å². The van der Waals surface area contributed by atoms with E-state index >= 15 is 0 Å². The van der Waals surface area contributed by atoms with Gasteiger partial charge in [-0.05, 0) is 30.6 Å². The second-order valence-electron chi connectivity index (χ2n) is 4.71. The molecular weight excluding hydrogens is 195 g/mol. The number of nitrogens with one attached hydrogen (secondary N) is 2. The van der Waals surface area contributed by atoms with Gasteiger partial charge < -0.3 is 10.3 Å². The molecule has 1 unspecified atom stereocenters. The van der Waals surface area contributed by atoms with Crippen LogP contribution in [0.2, 0.25) is 0 Å². The van der Waals surface area contributed by atoms with Gasteiger partial charge in [-0.25, -0.2) is 4.39 Å². The molecular formula is C11H13FN2O. The van der Waals surface area contributed by atoms with Crippen LogP contribution in [0.4, 0.5) is 4.39 Å². The number of aromatic nitrogens is 1. The van der Waals surface area contributed by atoms with Crippen LogP contribution in [0.25, 0.3) is 0 Å². The van der Waals surface area contributed by atoms with Crippen molar-refractivity contribution in [3.05, 3.63) is 23.8 Å². The van der Waals surface area contributed by atoms with Crippen LogP contribution >= 0.6 is 0 Å². The fourth-order valence-electron chi connectivity index (χ4n) is 2.30. The molecule has 2 fully saturated rings. The number of H-pyrrole nitrogens is 1. The molecule has 0 radical (unpaired) electrons. The Morgan fingerprint density at radius 1 is 1.67 bits per heavy atom. The largest absolute Gasteiger partial charge is 0.355 e. The summed E-state index contributed by atoms with van der Waals surface area (Å²) in [5, 5.41) is 2.83. The molecule has 3 nitrogen and oxygen atoms in total. The zero-order chi connectivity index (χ0) is 10.5. The summed E-state index contributed by atoms with van der Waals surface area (Å²) in [5.74, 6) is 0.0631. The summed E-state index contributed by atoms with van der Waals surface area (Å²) < 4.78 is 12.6. The van der Waals surface area contributed by atoms with Crippen molar-refractivity contribution in [3.8, 4) is 0 Å². The summed E-state index contributed by atoms with van der Waals surface area (Å²) in [7, 11) is 0. The summed E-state index contributed by atoms with van der Waals surface area (Å²) in [6.07, 6.45) is 5.09. The third-order valence-electron chi connectivity index (χ3n) is 3.65. The fraction of sp³-hybridized carbons (Fsp3) is 0.545. The maximum Gasteiger partial charge on any atom is 0.267 e. The highest BCUT2D eigenvalue weighted by Gasteiger charge is 2.62. The SMILES string of the molecule is O=C(NCC1CC12CC2)c1cc(F)c[nH]1. The standard InChI is InChI=1S/C11H13FN2O/c12-8-3-9(13-6-8)10(15)14-5-7-4-11(7)1-2-11/h3,6-7,13H,1-2,4-5H2,(H,14,15). The maximum absolute atomic E-state index is 12.6. The van der Waals surface area contributed by atoms with E-state index in [2.05, 4.69) is 10.3 Å². The Labute approximate surface area is 87.1 Å². The van der Waals surface area contributed by atoms with Crippen molar-refractivity contribution in [2.75, 3.05) is 6.54 Å². The van der Waals surface area contributed by atoms with E-state index in [0.29, 0.717) is 17.0 Å². The molecule has 1 atom stereocenters. The molecule has 1 aromatic heterocycles. The van der Waals surface area contributed by atoms with E-state index < -0.39 is 5.82 Å². The first kappa shape index (κ1) is 8.95. The third kappa shape index (κ3) is 1.54.